The fourth-order valence-corrected chi connectivity index (χ4v) is 4.30. The number of nitriles is 1. The molecular formula is C29H33N5O2. The minimum atomic E-state index is -1.12. The molecule has 0 aliphatic carbocycles. The number of hydrogen-bond acceptors (Lipinski definition) is 7. The topological polar surface area (TPSA) is 82.3 Å². The zero-order valence-corrected chi connectivity index (χ0v) is 21.0. The van der Waals surface area contributed by atoms with Crippen molar-refractivity contribution in [2.24, 2.45) is 5.92 Å². The Kier molecular flexibility index (Phi) is 8.51. The van der Waals surface area contributed by atoms with Gasteiger partial charge in [0.05, 0.1) is 23.7 Å². The SMILES string of the molecule is CCC(CC)COC(=O)[C@@H](C#N)c1nc2ccccc2nc1N1CCN(/C=C/c2ccccc2)CC1. The van der Waals surface area contributed by atoms with E-state index >= 15 is 0 Å². The summed E-state index contributed by atoms with van der Waals surface area (Å²) in [5.74, 6) is -0.805. The van der Waals surface area contributed by atoms with Gasteiger partial charge in [0.2, 0.25) is 0 Å². The number of ether oxygens (including phenoxy) is 1. The Balaban J connectivity index is 1.55. The number of piperazine rings is 1. The zero-order valence-electron chi connectivity index (χ0n) is 21.0. The van der Waals surface area contributed by atoms with Gasteiger partial charge < -0.3 is 14.5 Å². The molecule has 1 aliphatic rings. The minimum Gasteiger partial charge on any atom is -0.464 e. The van der Waals surface area contributed by atoms with Gasteiger partial charge in [0.1, 0.15) is 5.69 Å². The van der Waals surface area contributed by atoms with E-state index in [9.17, 15) is 10.1 Å². The molecule has 186 valence electrons. The number of aromatic nitrogens is 2. The standard InChI is InChI=1S/C29H33N5O2/c1-3-22(4-2)21-36-29(35)24(20-30)27-28(32-26-13-9-8-12-25(26)31-27)34-18-16-33(17-19-34)15-14-23-10-6-5-7-11-23/h5-15,22,24H,3-4,16-19,21H2,1-2H3/b15-14+/t24-/m0/s1. The van der Waals surface area contributed by atoms with Crippen LogP contribution in [0.1, 0.15) is 43.9 Å². The van der Waals surface area contributed by atoms with Crippen molar-refractivity contribution in [1.82, 2.24) is 14.9 Å². The summed E-state index contributed by atoms with van der Waals surface area (Å²) in [6, 6.07) is 19.9. The lowest BCUT2D eigenvalue weighted by atomic mass is 10.0. The van der Waals surface area contributed by atoms with Crippen molar-refractivity contribution < 1.29 is 9.53 Å². The van der Waals surface area contributed by atoms with Gasteiger partial charge in [0.15, 0.2) is 11.7 Å². The molecule has 4 rings (SSSR count). The van der Waals surface area contributed by atoms with Gasteiger partial charge >= 0.3 is 5.97 Å². The van der Waals surface area contributed by atoms with Gasteiger partial charge in [-0.25, -0.2) is 9.97 Å². The number of anilines is 1. The Morgan fingerprint density at radius 3 is 2.28 bits per heavy atom. The predicted molar refractivity (Wildman–Crippen MR) is 142 cm³/mol. The molecule has 2 aromatic carbocycles. The Labute approximate surface area is 213 Å². The summed E-state index contributed by atoms with van der Waals surface area (Å²) in [7, 11) is 0. The summed E-state index contributed by atoms with van der Waals surface area (Å²) >= 11 is 0. The Hall–Kier alpha value is -3.92. The Bertz CT molecular complexity index is 1230. The monoisotopic (exact) mass is 483 g/mol. The molecule has 0 saturated carbocycles. The number of carbonyl (C=O) groups excluding carboxylic acids is 1. The number of esters is 1. The average molecular weight is 484 g/mol. The van der Waals surface area contributed by atoms with Crippen LogP contribution in [0.5, 0.6) is 0 Å². The smallest absolute Gasteiger partial charge is 0.329 e. The molecule has 7 heteroatoms. The maximum absolute atomic E-state index is 13.0. The van der Waals surface area contributed by atoms with E-state index in [-0.39, 0.29) is 5.92 Å². The lowest BCUT2D eigenvalue weighted by molar-refractivity contribution is -0.145. The third kappa shape index (κ3) is 6.01. The summed E-state index contributed by atoms with van der Waals surface area (Å²) in [4.78, 5) is 27.0. The first kappa shape index (κ1) is 25.2. The maximum Gasteiger partial charge on any atom is 0.329 e. The van der Waals surface area contributed by atoms with Gasteiger partial charge in [-0.15, -0.1) is 0 Å². The van der Waals surface area contributed by atoms with Gasteiger partial charge in [-0.3, -0.25) is 4.79 Å². The molecular weight excluding hydrogens is 450 g/mol. The maximum atomic E-state index is 13.0. The van der Waals surface area contributed by atoms with E-state index in [1.807, 2.05) is 42.5 Å². The highest BCUT2D eigenvalue weighted by molar-refractivity contribution is 5.85. The minimum absolute atomic E-state index is 0.285. The molecule has 36 heavy (non-hydrogen) atoms. The van der Waals surface area contributed by atoms with Crippen molar-refractivity contribution in [3.05, 3.63) is 72.1 Å². The zero-order chi connectivity index (χ0) is 25.3. The van der Waals surface area contributed by atoms with E-state index in [1.54, 1.807) is 0 Å². The average Bonchev–Trinajstić information content (AvgIpc) is 2.93. The molecule has 1 atom stereocenters. The van der Waals surface area contributed by atoms with Crippen LogP contribution in [-0.4, -0.2) is 53.6 Å². The predicted octanol–water partition coefficient (Wildman–Crippen LogP) is 5.01. The molecule has 3 aromatic rings. The van der Waals surface area contributed by atoms with Crippen LogP contribution in [0.2, 0.25) is 0 Å². The third-order valence-electron chi connectivity index (χ3n) is 6.72. The number of fused-ring (bicyclic) bond motifs is 1. The molecule has 0 unspecified atom stereocenters. The first-order valence-electron chi connectivity index (χ1n) is 12.7. The van der Waals surface area contributed by atoms with Crippen molar-refractivity contribution in [2.75, 3.05) is 37.7 Å². The van der Waals surface area contributed by atoms with Gasteiger partial charge in [-0.1, -0.05) is 69.2 Å². The number of carbonyl (C=O) groups is 1. The van der Waals surface area contributed by atoms with Gasteiger partial charge in [0.25, 0.3) is 0 Å². The fourth-order valence-electron chi connectivity index (χ4n) is 4.30. The second-order valence-electron chi connectivity index (χ2n) is 9.05. The van der Waals surface area contributed by atoms with Crippen LogP contribution in [-0.2, 0) is 9.53 Å². The molecule has 0 bridgehead atoms. The third-order valence-corrected chi connectivity index (χ3v) is 6.72. The van der Waals surface area contributed by atoms with Crippen molar-refractivity contribution in [1.29, 1.82) is 5.26 Å². The fraction of sp³-hybridized carbons (Fsp3) is 0.379. The van der Waals surface area contributed by atoms with Crippen LogP contribution in [0.15, 0.2) is 60.8 Å². The van der Waals surface area contributed by atoms with Crippen molar-refractivity contribution in [3.8, 4) is 6.07 Å². The number of nitrogens with zero attached hydrogens (tertiary/aromatic N) is 5. The normalized spacial score (nSPS) is 14.8. The summed E-state index contributed by atoms with van der Waals surface area (Å²) in [6.45, 7) is 7.48. The lowest BCUT2D eigenvalue weighted by Gasteiger charge is -2.35. The second kappa shape index (κ2) is 12.2. The first-order valence-corrected chi connectivity index (χ1v) is 12.7. The number of rotatable bonds is 9. The van der Waals surface area contributed by atoms with Crippen molar-refractivity contribution in [3.63, 3.8) is 0 Å². The molecule has 1 fully saturated rings. The van der Waals surface area contributed by atoms with Crippen LogP contribution in [0.4, 0.5) is 5.82 Å². The molecule has 0 spiro atoms. The van der Waals surface area contributed by atoms with Gasteiger partial charge in [-0.05, 0) is 35.9 Å². The Morgan fingerprint density at radius 2 is 1.64 bits per heavy atom. The first-order chi connectivity index (χ1) is 17.6. The number of benzene rings is 2. The lowest BCUT2D eigenvalue weighted by Crippen LogP contribution is -2.45. The number of para-hydroxylation sites is 2. The summed E-state index contributed by atoms with van der Waals surface area (Å²) < 4.78 is 5.57. The van der Waals surface area contributed by atoms with Gasteiger partial charge in [0, 0.05) is 26.2 Å². The van der Waals surface area contributed by atoms with E-state index in [1.165, 1.54) is 0 Å². The van der Waals surface area contributed by atoms with E-state index in [0.717, 1.165) is 37.0 Å². The van der Waals surface area contributed by atoms with Crippen LogP contribution < -0.4 is 4.90 Å². The summed E-state index contributed by atoms with van der Waals surface area (Å²) in [5, 5.41) is 9.99. The molecule has 0 amide bonds. The van der Waals surface area contributed by atoms with Crippen molar-refractivity contribution in [2.45, 2.75) is 32.6 Å². The summed E-state index contributed by atoms with van der Waals surface area (Å²) in [5.41, 5.74) is 2.93. The largest absolute Gasteiger partial charge is 0.464 e. The quantitative estimate of drug-likeness (QED) is 0.396. The number of hydrogen-bond donors (Lipinski definition) is 0. The van der Waals surface area contributed by atoms with E-state index < -0.39 is 11.9 Å². The molecule has 1 saturated heterocycles. The van der Waals surface area contributed by atoms with Crippen molar-refractivity contribution >= 4 is 28.9 Å². The highest BCUT2D eigenvalue weighted by atomic mass is 16.5. The van der Waals surface area contributed by atoms with Gasteiger partial charge in [-0.2, -0.15) is 5.26 Å². The molecule has 0 radical (unpaired) electrons. The summed E-state index contributed by atoms with van der Waals surface area (Å²) in [6.07, 6.45) is 6.07. The highest BCUT2D eigenvalue weighted by Gasteiger charge is 2.31. The molecule has 7 nitrogen and oxygen atoms in total. The van der Waals surface area contributed by atoms with Crippen LogP contribution in [0, 0.1) is 17.2 Å². The molecule has 1 aliphatic heterocycles. The highest BCUT2D eigenvalue weighted by Crippen LogP contribution is 2.29. The van der Waals surface area contributed by atoms with E-state index in [4.69, 9.17) is 14.7 Å². The molecule has 1 aromatic heterocycles. The van der Waals surface area contributed by atoms with Crippen LogP contribution in [0.25, 0.3) is 17.1 Å². The van der Waals surface area contributed by atoms with Crippen LogP contribution >= 0.6 is 0 Å². The van der Waals surface area contributed by atoms with Crippen LogP contribution in [0.3, 0.4) is 0 Å². The van der Waals surface area contributed by atoms with E-state index in [2.05, 4.69) is 54.1 Å². The van der Waals surface area contributed by atoms with E-state index in [0.29, 0.717) is 36.7 Å². The molecule has 2 heterocycles. The Morgan fingerprint density at radius 1 is 1.00 bits per heavy atom. The second-order valence-corrected chi connectivity index (χ2v) is 9.05. The molecule has 0 N–H and O–H groups in total.